The molecule has 0 saturated heterocycles. The molecule has 7 heteroatoms. The Morgan fingerprint density at radius 1 is 1.04 bits per heavy atom. The summed E-state index contributed by atoms with van der Waals surface area (Å²) in [5, 5.41) is 0. The number of halogens is 2. The van der Waals surface area contributed by atoms with Crippen LogP contribution in [-0.2, 0) is 29.4 Å². The lowest BCUT2D eigenvalue weighted by Gasteiger charge is -2.09. The van der Waals surface area contributed by atoms with Gasteiger partial charge in [0, 0.05) is 6.54 Å². The van der Waals surface area contributed by atoms with Crippen molar-refractivity contribution in [2.45, 2.75) is 37.3 Å². The molecule has 1 aliphatic carbocycles. The van der Waals surface area contributed by atoms with Crippen molar-refractivity contribution in [3.63, 3.8) is 0 Å². The summed E-state index contributed by atoms with van der Waals surface area (Å²) in [4.78, 5) is 0.251. The Balaban J connectivity index is 1.67. The van der Waals surface area contributed by atoms with Crippen molar-refractivity contribution in [1.29, 1.82) is 0 Å². The second-order valence-electron chi connectivity index (χ2n) is 5.63. The standard InChI is InChI=1S/C17H17F2NO3S/c18-17(19)23-15-7-4-12(5-8-15)11-20-24(21,22)16-9-6-13-2-1-3-14(13)10-16/h4-10,17,20H,1-3,11H2. The number of ether oxygens (including phenoxy) is 1. The van der Waals surface area contributed by atoms with Crippen molar-refractivity contribution < 1.29 is 21.9 Å². The van der Waals surface area contributed by atoms with Crippen LogP contribution in [0.5, 0.6) is 5.75 Å². The van der Waals surface area contributed by atoms with E-state index in [0.717, 1.165) is 24.8 Å². The normalized spacial score (nSPS) is 14.0. The van der Waals surface area contributed by atoms with Crippen LogP contribution >= 0.6 is 0 Å². The first-order chi connectivity index (χ1) is 11.4. The molecule has 0 heterocycles. The molecule has 0 amide bonds. The highest BCUT2D eigenvalue weighted by Gasteiger charge is 2.18. The largest absolute Gasteiger partial charge is 0.435 e. The number of sulfonamides is 1. The molecule has 0 spiro atoms. The Morgan fingerprint density at radius 2 is 1.75 bits per heavy atom. The van der Waals surface area contributed by atoms with Crippen molar-refractivity contribution >= 4 is 10.0 Å². The molecule has 1 N–H and O–H groups in total. The lowest BCUT2D eigenvalue weighted by molar-refractivity contribution is -0.0498. The first kappa shape index (κ1) is 16.9. The zero-order valence-electron chi connectivity index (χ0n) is 12.8. The topological polar surface area (TPSA) is 55.4 Å². The summed E-state index contributed by atoms with van der Waals surface area (Å²) in [6, 6.07) is 11.1. The fourth-order valence-electron chi connectivity index (χ4n) is 2.77. The smallest absolute Gasteiger partial charge is 0.387 e. The number of aryl methyl sites for hydroxylation is 2. The predicted octanol–water partition coefficient (Wildman–Crippen LogP) is 3.26. The molecular formula is C17H17F2NO3S. The summed E-state index contributed by atoms with van der Waals surface area (Å²) in [7, 11) is -3.61. The number of alkyl halides is 2. The minimum atomic E-state index is -3.61. The van der Waals surface area contributed by atoms with Gasteiger partial charge in [0.05, 0.1) is 4.90 Å². The van der Waals surface area contributed by atoms with Gasteiger partial charge in [0.2, 0.25) is 10.0 Å². The lowest BCUT2D eigenvalue weighted by Crippen LogP contribution is -2.23. The number of hydrogen-bond donors (Lipinski definition) is 1. The number of rotatable bonds is 6. The van der Waals surface area contributed by atoms with Gasteiger partial charge in [0.25, 0.3) is 0 Å². The molecular weight excluding hydrogens is 336 g/mol. The van der Waals surface area contributed by atoms with Gasteiger partial charge in [-0.25, -0.2) is 13.1 Å². The van der Waals surface area contributed by atoms with Crippen molar-refractivity contribution in [2.24, 2.45) is 0 Å². The van der Waals surface area contributed by atoms with Crippen LogP contribution in [0.25, 0.3) is 0 Å². The monoisotopic (exact) mass is 353 g/mol. The van der Waals surface area contributed by atoms with Crippen LogP contribution in [0.4, 0.5) is 8.78 Å². The molecule has 0 unspecified atom stereocenters. The van der Waals surface area contributed by atoms with E-state index in [1.807, 2.05) is 6.07 Å². The fraction of sp³-hybridized carbons (Fsp3) is 0.294. The average molecular weight is 353 g/mol. The predicted molar refractivity (Wildman–Crippen MR) is 85.6 cm³/mol. The minimum absolute atomic E-state index is 0.0372. The molecule has 128 valence electrons. The van der Waals surface area contributed by atoms with Crippen LogP contribution < -0.4 is 9.46 Å². The average Bonchev–Trinajstić information content (AvgIpc) is 3.01. The number of fused-ring (bicyclic) bond motifs is 1. The Morgan fingerprint density at radius 3 is 2.46 bits per heavy atom. The van der Waals surface area contributed by atoms with Crippen molar-refractivity contribution in [3.05, 3.63) is 59.2 Å². The van der Waals surface area contributed by atoms with E-state index in [9.17, 15) is 17.2 Å². The van der Waals surface area contributed by atoms with Crippen LogP contribution in [0.2, 0.25) is 0 Å². The van der Waals surface area contributed by atoms with E-state index in [0.29, 0.717) is 5.56 Å². The molecule has 0 fully saturated rings. The van der Waals surface area contributed by atoms with Gasteiger partial charge in [-0.1, -0.05) is 18.2 Å². The lowest BCUT2D eigenvalue weighted by atomic mass is 10.1. The highest BCUT2D eigenvalue weighted by atomic mass is 32.2. The third kappa shape index (κ3) is 3.91. The maximum absolute atomic E-state index is 12.4. The Hall–Kier alpha value is -1.99. The van der Waals surface area contributed by atoms with Crippen LogP contribution in [0, 0.1) is 0 Å². The Labute approximate surface area is 139 Å². The van der Waals surface area contributed by atoms with Crippen LogP contribution in [0.1, 0.15) is 23.1 Å². The maximum atomic E-state index is 12.4. The molecule has 0 aliphatic heterocycles. The van der Waals surface area contributed by atoms with E-state index >= 15 is 0 Å². The number of hydrogen-bond acceptors (Lipinski definition) is 3. The second-order valence-corrected chi connectivity index (χ2v) is 7.40. The van der Waals surface area contributed by atoms with E-state index in [1.54, 1.807) is 24.3 Å². The van der Waals surface area contributed by atoms with Gasteiger partial charge >= 0.3 is 6.61 Å². The minimum Gasteiger partial charge on any atom is -0.435 e. The highest BCUT2D eigenvalue weighted by Crippen LogP contribution is 2.24. The van der Waals surface area contributed by atoms with Gasteiger partial charge in [-0.15, -0.1) is 0 Å². The Kier molecular flexibility index (Phi) is 4.82. The molecule has 24 heavy (non-hydrogen) atoms. The summed E-state index contributed by atoms with van der Waals surface area (Å²) in [6.07, 6.45) is 2.96. The van der Waals surface area contributed by atoms with Gasteiger partial charge in [-0.2, -0.15) is 8.78 Å². The molecule has 4 nitrogen and oxygen atoms in total. The van der Waals surface area contributed by atoms with Crippen molar-refractivity contribution in [3.8, 4) is 5.75 Å². The Bertz CT molecular complexity index is 820. The van der Waals surface area contributed by atoms with Gasteiger partial charge in [-0.3, -0.25) is 0 Å². The SMILES string of the molecule is O=S(=O)(NCc1ccc(OC(F)F)cc1)c1ccc2c(c1)CCC2. The molecule has 3 rings (SSSR count). The third-order valence-corrected chi connectivity index (χ3v) is 5.39. The summed E-state index contributed by atoms with van der Waals surface area (Å²) >= 11 is 0. The summed E-state index contributed by atoms with van der Waals surface area (Å²) in [5.41, 5.74) is 2.95. The summed E-state index contributed by atoms with van der Waals surface area (Å²) < 4.78 is 55.7. The van der Waals surface area contributed by atoms with E-state index in [-0.39, 0.29) is 17.2 Å². The van der Waals surface area contributed by atoms with E-state index in [1.165, 1.54) is 17.7 Å². The van der Waals surface area contributed by atoms with Crippen molar-refractivity contribution in [1.82, 2.24) is 4.72 Å². The highest BCUT2D eigenvalue weighted by molar-refractivity contribution is 7.89. The van der Waals surface area contributed by atoms with Crippen molar-refractivity contribution in [2.75, 3.05) is 0 Å². The molecule has 0 atom stereocenters. The summed E-state index contributed by atoms with van der Waals surface area (Å²) in [5.74, 6) is 0.0372. The molecule has 2 aromatic carbocycles. The molecule has 0 aromatic heterocycles. The zero-order chi connectivity index (χ0) is 17.2. The first-order valence-corrected chi connectivity index (χ1v) is 9.07. The molecule has 2 aromatic rings. The van der Waals surface area contributed by atoms with Crippen LogP contribution in [0.15, 0.2) is 47.4 Å². The number of nitrogens with one attached hydrogen (secondary N) is 1. The third-order valence-electron chi connectivity index (χ3n) is 4.00. The van der Waals surface area contributed by atoms with E-state index in [2.05, 4.69) is 9.46 Å². The van der Waals surface area contributed by atoms with Crippen LogP contribution in [-0.4, -0.2) is 15.0 Å². The van der Waals surface area contributed by atoms with Crippen LogP contribution in [0.3, 0.4) is 0 Å². The van der Waals surface area contributed by atoms with Gasteiger partial charge in [0.15, 0.2) is 0 Å². The quantitative estimate of drug-likeness (QED) is 0.867. The second kappa shape index (κ2) is 6.86. The van der Waals surface area contributed by atoms with E-state index < -0.39 is 16.6 Å². The van der Waals surface area contributed by atoms with E-state index in [4.69, 9.17) is 0 Å². The maximum Gasteiger partial charge on any atom is 0.387 e. The first-order valence-electron chi connectivity index (χ1n) is 7.59. The van der Waals surface area contributed by atoms with Gasteiger partial charge in [0.1, 0.15) is 5.75 Å². The van der Waals surface area contributed by atoms with Gasteiger partial charge < -0.3 is 4.74 Å². The fourth-order valence-corrected chi connectivity index (χ4v) is 3.83. The molecule has 0 bridgehead atoms. The molecule has 0 saturated carbocycles. The van der Waals surface area contributed by atoms with Gasteiger partial charge in [-0.05, 0) is 60.2 Å². The summed E-state index contributed by atoms with van der Waals surface area (Å²) in [6.45, 7) is -2.80. The zero-order valence-corrected chi connectivity index (χ0v) is 13.7. The number of benzene rings is 2. The molecule has 1 aliphatic rings. The molecule has 0 radical (unpaired) electrons.